The summed E-state index contributed by atoms with van der Waals surface area (Å²) < 4.78 is 44.2. The Labute approximate surface area is 137 Å². The highest BCUT2D eigenvalue weighted by atomic mass is 19.4. The van der Waals surface area contributed by atoms with E-state index in [0.29, 0.717) is 17.9 Å². The molecule has 2 rings (SSSR count). The fraction of sp³-hybridized carbons (Fsp3) is 0.294. The Morgan fingerprint density at radius 3 is 2.71 bits per heavy atom. The molecule has 0 bridgehead atoms. The molecule has 2 aromatic rings. The van der Waals surface area contributed by atoms with Crippen molar-refractivity contribution >= 4 is 5.91 Å². The van der Waals surface area contributed by atoms with Crippen molar-refractivity contribution in [2.45, 2.75) is 26.6 Å². The smallest absolute Gasteiger partial charge is 0.434 e. The summed E-state index contributed by atoms with van der Waals surface area (Å²) in [6, 6.07) is 7.82. The first kappa shape index (κ1) is 17.8. The van der Waals surface area contributed by atoms with Crippen molar-refractivity contribution in [3.63, 3.8) is 0 Å². The third-order valence-corrected chi connectivity index (χ3v) is 3.28. The highest BCUT2D eigenvalue weighted by Crippen LogP contribution is 2.30. The van der Waals surface area contributed by atoms with Crippen molar-refractivity contribution in [3.8, 4) is 5.75 Å². The molecule has 1 amide bonds. The Hall–Kier alpha value is -2.57. The Balaban J connectivity index is 2.18. The van der Waals surface area contributed by atoms with Crippen LogP contribution in [0.5, 0.6) is 5.75 Å². The lowest BCUT2D eigenvalue weighted by Gasteiger charge is -2.14. The molecule has 0 atom stereocenters. The fourth-order valence-electron chi connectivity index (χ4n) is 2.18. The number of carbonyl (C=O) groups excluding carboxylic acids is 1. The van der Waals surface area contributed by atoms with Crippen LogP contribution in [-0.4, -0.2) is 17.5 Å². The maximum absolute atomic E-state index is 12.9. The second-order valence-corrected chi connectivity index (χ2v) is 5.12. The molecule has 0 aliphatic heterocycles. The van der Waals surface area contributed by atoms with Gasteiger partial charge in [0.25, 0.3) is 5.91 Å². The Morgan fingerprint density at radius 1 is 1.29 bits per heavy atom. The van der Waals surface area contributed by atoms with Crippen LogP contribution in [0.3, 0.4) is 0 Å². The maximum atomic E-state index is 12.9. The number of amides is 1. The van der Waals surface area contributed by atoms with Crippen molar-refractivity contribution in [2.24, 2.45) is 0 Å². The van der Waals surface area contributed by atoms with Crippen LogP contribution in [0.15, 0.2) is 36.5 Å². The molecular weight excluding hydrogens is 321 g/mol. The number of nitrogens with one attached hydrogen (secondary N) is 1. The van der Waals surface area contributed by atoms with E-state index in [1.807, 2.05) is 26.0 Å². The van der Waals surface area contributed by atoms with Gasteiger partial charge in [-0.3, -0.25) is 9.78 Å². The number of benzene rings is 1. The number of halogens is 3. The third kappa shape index (κ3) is 4.24. The van der Waals surface area contributed by atoms with Crippen LogP contribution in [0.1, 0.15) is 34.1 Å². The van der Waals surface area contributed by atoms with E-state index in [1.54, 1.807) is 6.07 Å². The molecule has 0 saturated carbocycles. The molecule has 0 spiro atoms. The van der Waals surface area contributed by atoms with E-state index >= 15 is 0 Å². The number of pyridine rings is 1. The highest BCUT2D eigenvalue weighted by molar-refractivity contribution is 5.95. The molecular formula is C17H17F3N2O2. The van der Waals surface area contributed by atoms with Gasteiger partial charge in [-0.25, -0.2) is 0 Å². The van der Waals surface area contributed by atoms with E-state index < -0.39 is 23.3 Å². The van der Waals surface area contributed by atoms with Gasteiger partial charge in [0.2, 0.25) is 0 Å². The molecule has 7 heteroatoms. The average molecular weight is 338 g/mol. The summed E-state index contributed by atoms with van der Waals surface area (Å²) in [5.41, 5.74) is -0.0279. The van der Waals surface area contributed by atoms with Crippen LogP contribution in [0.2, 0.25) is 0 Å². The second kappa shape index (κ2) is 7.33. The molecule has 0 radical (unpaired) electrons. The quantitative estimate of drug-likeness (QED) is 0.904. The van der Waals surface area contributed by atoms with E-state index in [2.05, 4.69) is 10.3 Å². The molecule has 0 fully saturated rings. The Bertz CT molecular complexity index is 730. The predicted molar refractivity (Wildman–Crippen MR) is 82.8 cm³/mol. The second-order valence-electron chi connectivity index (χ2n) is 5.12. The number of aryl methyl sites for hydroxylation is 1. The average Bonchev–Trinajstić information content (AvgIpc) is 2.53. The summed E-state index contributed by atoms with van der Waals surface area (Å²) in [5, 5.41) is 2.49. The number of carbonyl (C=O) groups is 1. The van der Waals surface area contributed by atoms with Gasteiger partial charge in [0.05, 0.1) is 12.2 Å². The maximum Gasteiger partial charge on any atom is 0.434 e. The molecule has 1 N–H and O–H groups in total. The van der Waals surface area contributed by atoms with Gasteiger partial charge in [-0.1, -0.05) is 12.1 Å². The standard InChI is InChI=1S/C17H17F3N2O2/c1-3-24-14-9-11(2)6-7-12(14)10-22-16(23)13-5-4-8-21-15(13)17(18,19)20/h4-9H,3,10H2,1-2H3,(H,22,23). The van der Waals surface area contributed by atoms with E-state index in [9.17, 15) is 18.0 Å². The van der Waals surface area contributed by atoms with Crippen molar-refractivity contribution in [3.05, 3.63) is 58.9 Å². The summed E-state index contributed by atoms with van der Waals surface area (Å²) in [6.07, 6.45) is -3.68. The largest absolute Gasteiger partial charge is 0.494 e. The van der Waals surface area contributed by atoms with Crippen molar-refractivity contribution in [2.75, 3.05) is 6.61 Å². The molecule has 4 nitrogen and oxygen atoms in total. The number of aromatic nitrogens is 1. The van der Waals surface area contributed by atoms with Crippen molar-refractivity contribution in [1.82, 2.24) is 10.3 Å². The van der Waals surface area contributed by atoms with Crippen LogP contribution in [-0.2, 0) is 12.7 Å². The van der Waals surface area contributed by atoms with Crippen LogP contribution >= 0.6 is 0 Å². The summed E-state index contributed by atoms with van der Waals surface area (Å²) in [4.78, 5) is 15.4. The van der Waals surface area contributed by atoms with Gasteiger partial charge in [-0.15, -0.1) is 0 Å². The van der Waals surface area contributed by atoms with Crippen LogP contribution in [0.4, 0.5) is 13.2 Å². The zero-order valence-electron chi connectivity index (χ0n) is 13.3. The Kier molecular flexibility index (Phi) is 5.43. The zero-order valence-corrected chi connectivity index (χ0v) is 13.3. The van der Waals surface area contributed by atoms with E-state index in [4.69, 9.17) is 4.74 Å². The van der Waals surface area contributed by atoms with Crippen LogP contribution < -0.4 is 10.1 Å². The van der Waals surface area contributed by atoms with Gasteiger partial charge in [-0.2, -0.15) is 13.2 Å². The van der Waals surface area contributed by atoms with Crippen LogP contribution in [0.25, 0.3) is 0 Å². The van der Waals surface area contributed by atoms with Gasteiger partial charge in [0.15, 0.2) is 5.69 Å². The molecule has 1 aromatic carbocycles. The highest BCUT2D eigenvalue weighted by Gasteiger charge is 2.36. The molecule has 0 unspecified atom stereocenters. The first-order chi connectivity index (χ1) is 11.3. The SMILES string of the molecule is CCOc1cc(C)ccc1CNC(=O)c1cccnc1C(F)(F)F. The monoisotopic (exact) mass is 338 g/mol. The predicted octanol–water partition coefficient (Wildman–Crippen LogP) is 3.74. The summed E-state index contributed by atoms with van der Waals surface area (Å²) in [5.74, 6) is -0.238. The molecule has 0 aliphatic carbocycles. The first-order valence-corrected chi connectivity index (χ1v) is 7.35. The summed E-state index contributed by atoms with van der Waals surface area (Å²) in [6.45, 7) is 4.23. The van der Waals surface area contributed by atoms with Crippen LogP contribution in [0, 0.1) is 6.92 Å². The van der Waals surface area contributed by atoms with Gasteiger partial charge in [0.1, 0.15) is 5.75 Å². The zero-order chi connectivity index (χ0) is 17.7. The molecule has 1 aromatic heterocycles. The number of alkyl halides is 3. The minimum absolute atomic E-state index is 0.0562. The first-order valence-electron chi connectivity index (χ1n) is 7.35. The molecule has 24 heavy (non-hydrogen) atoms. The van der Waals surface area contributed by atoms with Gasteiger partial charge < -0.3 is 10.1 Å². The number of nitrogens with zero attached hydrogens (tertiary/aromatic N) is 1. The molecule has 0 aliphatic rings. The topological polar surface area (TPSA) is 51.2 Å². The minimum atomic E-state index is -4.69. The Morgan fingerprint density at radius 2 is 2.04 bits per heavy atom. The lowest BCUT2D eigenvalue weighted by atomic mass is 10.1. The summed E-state index contributed by atoms with van der Waals surface area (Å²) >= 11 is 0. The van der Waals surface area contributed by atoms with E-state index in [-0.39, 0.29) is 6.54 Å². The summed E-state index contributed by atoms with van der Waals surface area (Å²) in [7, 11) is 0. The minimum Gasteiger partial charge on any atom is -0.494 e. The molecule has 0 saturated heterocycles. The normalized spacial score (nSPS) is 11.2. The number of rotatable bonds is 5. The molecule has 1 heterocycles. The number of hydrogen-bond donors (Lipinski definition) is 1. The van der Waals surface area contributed by atoms with Gasteiger partial charge in [-0.05, 0) is 37.6 Å². The van der Waals surface area contributed by atoms with Crippen molar-refractivity contribution in [1.29, 1.82) is 0 Å². The van der Waals surface area contributed by atoms with E-state index in [0.717, 1.165) is 17.8 Å². The number of hydrogen-bond acceptors (Lipinski definition) is 3. The lowest BCUT2D eigenvalue weighted by molar-refractivity contribution is -0.141. The third-order valence-electron chi connectivity index (χ3n) is 3.28. The number of ether oxygens (including phenoxy) is 1. The van der Waals surface area contributed by atoms with Gasteiger partial charge >= 0.3 is 6.18 Å². The fourth-order valence-corrected chi connectivity index (χ4v) is 2.18. The lowest BCUT2D eigenvalue weighted by Crippen LogP contribution is -2.26. The van der Waals surface area contributed by atoms with Gasteiger partial charge in [0, 0.05) is 18.3 Å². The van der Waals surface area contributed by atoms with E-state index in [1.165, 1.54) is 6.07 Å². The van der Waals surface area contributed by atoms with Crippen molar-refractivity contribution < 1.29 is 22.7 Å². The molecule has 128 valence electrons.